The van der Waals surface area contributed by atoms with Gasteiger partial charge in [-0.3, -0.25) is 0 Å². The van der Waals surface area contributed by atoms with Gasteiger partial charge in [-0.25, -0.2) is 0 Å². The first-order valence-electron chi connectivity index (χ1n) is 7.53. The molecule has 0 saturated heterocycles. The van der Waals surface area contributed by atoms with E-state index in [0.29, 0.717) is 12.5 Å². The standard InChI is InChI=1S/C19H25NO/c1-13(2)17-10-9-16(11-15(17)4)21-12-19(20)18-8-6-5-7-14(18)3/h5-11,13,19H,12,20H2,1-4H3. The highest BCUT2D eigenvalue weighted by Gasteiger charge is 2.10. The highest BCUT2D eigenvalue weighted by Crippen LogP contribution is 2.24. The summed E-state index contributed by atoms with van der Waals surface area (Å²) in [4.78, 5) is 0. The van der Waals surface area contributed by atoms with Gasteiger partial charge in [-0.15, -0.1) is 0 Å². The third kappa shape index (κ3) is 3.85. The van der Waals surface area contributed by atoms with Crippen LogP contribution in [0.1, 0.15) is 48.1 Å². The molecule has 2 nitrogen and oxygen atoms in total. The van der Waals surface area contributed by atoms with Crippen molar-refractivity contribution < 1.29 is 4.74 Å². The van der Waals surface area contributed by atoms with E-state index in [4.69, 9.17) is 10.5 Å². The van der Waals surface area contributed by atoms with E-state index in [1.807, 2.05) is 18.2 Å². The molecule has 0 amide bonds. The maximum Gasteiger partial charge on any atom is 0.119 e. The van der Waals surface area contributed by atoms with Gasteiger partial charge in [0.05, 0.1) is 6.04 Å². The monoisotopic (exact) mass is 283 g/mol. The average molecular weight is 283 g/mol. The van der Waals surface area contributed by atoms with Crippen LogP contribution >= 0.6 is 0 Å². The van der Waals surface area contributed by atoms with E-state index in [9.17, 15) is 0 Å². The van der Waals surface area contributed by atoms with Crippen LogP contribution in [0.25, 0.3) is 0 Å². The molecule has 0 fully saturated rings. The SMILES string of the molecule is Cc1cc(OCC(N)c2ccccc2C)ccc1C(C)C. The first-order valence-corrected chi connectivity index (χ1v) is 7.53. The Bertz CT molecular complexity index is 604. The van der Waals surface area contributed by atoms with Crippen LogP contribution in [0.15, 0.2) is 42.5 Å². The molecule has 0 aliphatic heterocycles. The van der Waals surface area contributed by atoms with Gasteiger partial charge in [0.2, 0.25) is 0 Å². The molecule has 1 unspecified atom stereocenters. The molecule has 2 N–H and O–H groups in total. The van der Waals surface area contributed by atoms with E-state index in [2.05, 4.69) is 52.0 Å². The van der Waals surface area contributed by atoms with Crippen LogP contribution in [0.5, 0.6) is 5.75 Å². The number of nitrogens with two attached hydrogens (primary N) is 1. The van der Waals surface area contributed by atoms with E-state index in [-0.39, 0.29) is 6.04 Å². The van der Waals surface area contributed by atoms with Crippen molar-refractivity contribution in [1.29, 1.82) is 0 Å². The van der Waals surface area contributed by atoms with Gasteiger partial charge in [0, 0.05) is 0 Å². The van der Waals surface area contributed by atoms with Crippen LogP contribution in [-0.4, -0.2) is 6.61 Å². The molecule has 0 spiro atoms. The predicted octanol–water partition coefficient (Wildman–Crippen LogP) is 4.51. The molecule has 21 heavy (non-hydrogen) atoms. The predicted molar refractivity (Wildman–Crippen MR) is 88.9 cm³/mol. The van der Waals surface area contributed by atoms with Gasteiger partial charge < -0.3 is 10.5 Å². The van der Waals surface area contributed by atoms with Crippen LogP contribution in [0, 0.1) is 13.8 Å². The Balaban J connectivity index is 2.03. The smallest absolute Gasteiger partial charge is 0.119 e. The third-order valence-corrected chi connectivity index (χ3v) is 3.88. The minimum atomic E-state index is -0.101. The maximum atomic E-state index is 6.23. The number of rotatable bonds is 5. The van der Waals surface area contributed by atoms with E-state index >= 15 is 0 Å². The average Bonchev–Trinajstić information content (AvgIpc) is 2.45. The second-order valence-electron chi connectivity index (χ2n) is 5.95. The molecule has 0 radical (unpaired) electrons. The topological polar surface area (TPSA) is 35.2 Å². The highest BCUT2D eigenvalue weighted by molar-refractivity contribution is 5.36. The minimum Gasteiger partial charge on any atom is -0.492 e. The zero-order valence-electron chi connectivity index (χ0n) is 13.4. The lowest BCUT2D eigenvalue weighted by Crippen LogP contribution is -2.20. The van der Waals surface area contributed by atoms with E-state index < -0.39 is 0 Å². The molecule has 2 aromatic carbocycles. The number of aryl methyl sites for hydroxylation is 2. The first-order chi connectivity index (χ1) is 9.99. The summed E-state index contributed by atoms with van der Waals surface area (Å²) in [6.07, 6.45) is 0. The Kier molecular flexibility index (Phi) is 5.03. The molecule has 1 atom stereocenters. The van der Waals surface area contributed by atoms with Gasteiger partial charge in [0.15, 0.2) is 0 Å². The molecule has 0 saturated carbocycles. The lowest BCUT2D eigenvalue weighted by molar-refractivity contribution is 0.290. The van der Waals surface area contributed by atoms with Crippen molar-refractivity contribution in [3.8, 4) is 5.75 Å². The summed E-state index contributed by atoms with van der Waals surface area (Å²) < 4.78 is 5.87. The molecule has 0 aromatic heterocycles. The second kappa shape index (κ2) is 6.77. The van der Waals surface area contributed by atoms with Crippen molar-refractivity contribution >= 4 is 0 Å². The van der Waals surface area contributed by atoms with Gasteiger partial charge in [0.25, 0.3) is 0 Å². The van der Waals surface area contributed by atoms with Crippen molar-refractivity contribution in [2.24, 2.45) is 5.73 Å². The van der Waals surface area contributed by atoms with Crippen LogP contribution in [-0.2, 0) is 0 Å². The fourth-order valence-corrected chi connectivity index (χ4v) is 2.66. The summed E-state index contributed by atoms with van der Waals surface area (Å²) >= 11 is 0. The number of hydrogen-bond donors (Lipinski definition) is 1. The quantitative estimate of drug-likeness (QED) is 0.876. The summed E-state index contributed by atoms with van der Waals surface area (Å²) in [5, 5.41) is 0. The Morgan fingerprint density at radius 1 is 0.952 bits per heavy atom. The molecule has 2 rings (SSSR count). The zero-order chi connectivity index (χ0) is 15.4. The van der Waals surface area contributed by atoms with Crippen molar-refractivity contribution in [2.75, 3.05) is 6.61 Å². The van der Waals surface area contributed by atoms with Crippen LogP contribution in [0.3, 0.4) is 0 Å². The highest BCUT2D eigenvalue weighted by atomic mass is 16.5. The van der Waals surface area contributed by atoms with Crippen LogP contribution in [0.2, 0.25) is 0 Å². The Morgan fingerprint density at radius 3 is 2.29 bits per heavy atom. The fourth-order valence-electron chi connectivity index (χ4n) is 2.66. The largest absolute Gasteiger partial charge is 0.492 e. The summed E-state index contributed by atoms with van der Waals surface area (Å²) in [5.41, 5.74) is 11.2. The lowest BCUT2D eigenvalue weighted by atomic mass is 9.98. The molecule has 2 aromatic rings. The Labute approximate surface area is 127 Å². The number of hydrogen-bond acceptors (Lipinski definition) is 2. The van der Waals surface area contributed by atoms with Crippen molar-refractivity contribution in [3.05, 3.63) is 64.7 Å². The Morgan fingerprint density at radius 2 is 1.67 bits per heavy atom. The van der Waals surface area contributed by atoms with E-state index in [1.165, 1.54) is 16.7 Å². The molecule has 0 aliphatic carbocycles. The Hall–Kier alpha value is -1.80. The van der Waals surface area contributed by atoms with E-state index in [0.717, 1.165) is 11.3 Å². The van der Waals surface area contributed by atoms with Crippen LogP contribution < -0.4 is 10.5 Å². The molecular formula is C19H25NO. The van der Waals surface area contributed by atoms with Gasteiger partial charge in [-0.2, -0.15) is 0 Å². The van der Waals surface area contributed by atoms with Gasteiger partial charge in [-0.1, -0.05) is 44.2 Å². The lowest BCUT2D eigenvalue weighted by Gasteiger charge is -2.17. The minimum absolute atomic E-state index is 0.101. The third-order valence-electron chi connectivity index (χ3n) is 3.88. The maximum absolute atomic E-state index is 6.23. The molecule has 0 aliphatic rings. The summed E-state index contributed by atoms with van der Waals surface area (Å²) in [7, 11) is 0. The molecule has 2 heteroatoms. The summed E-state index contributed by atoms with van der Waals surface area (Å²) in [5.74, 6) is 1.43. The normalized spacial score (nSPS) is 12.5. The van der Waals surface area contributed by atoms with Crippen molar-refractivity contribution in [2.45, 2.75) is 39.7 Å². The van der Waals surface area contributed by atoms with Crippen molar-refractivity contribution in [3.63, 3.8) is 0 Å². The van der Waals surface area contributed by atoms with Crippen LogP contribution in [0.4, 0.5) is 0 Å². The molecule has 0 bridgehead atoms. The van der Waals surface area contributed by atoms with Gasteiger partial charge >= 0.3 is 0 Å². The number of benzene rings is 2. The van der Waals surface area contributed by atoms with Gasteiger partial charge in [-0.05, 0) is 54.2 Å². The second-order valence-corrected chi connectivity index (χ2v) is 5.95. The summed E-state index contributed by atoms with van der Waals surface area (Å²) in [6.45, 7) is 9.11. The molecular weight excluding hydrogens is 258 g/mol. The van der Waals surface area contributed by atoms with Crippen molar-refractivity contribution in [1.82, 2.24) is 0 Å². The first kappa shape index (κ1) is 15.6. The van der Waals surface area contributed by atoms with Gasteiger partial charge in [0.1, 0.15) is 12.4 Å². The molecule has 0 heterocycles. The fraction of sp³-hybridized carbons (Fsp3) is 0.368. The summed E-state index contributed by atoms with van der Waals surface area (Å²) in [6, 6.07) is 14.4. The molecule has 112 valence electrons. The van der Waals surface area contributed by atoms with E-state index in [1.54, 1.807) is 0 Å². The zero-order valence-corrected chi connectivity index (χ0v) is 13.4. The number of ether oxygens (including phenoxy) is 1.